The van der Waals surface area contributed by atoms with Gasteiger partial charge in [0, 0.05) is 19.1 Å². The maximum Gasteiger partial charge on any atom is 0.318 e. The molecular formula is C20H31N3O3S. The summed E-state index contributed by atoms with van der Waals surface area (Å²) in [5.41, 5.74) is 2.62. The van der Waals surface area contributed by atoms with Gasteiger partial charge in [-0.15, -0.1) is 0 Å². The summed E-state index contributed by atoms with van der Waals surface area (Å²) in [6, 6.07) is 8.18. The Morgan fingerprint density at radius 3 is 2.70 bits per heavy atom. The molecule has 1 aliphatic carbocycles. The topological polar surface area (TPSA) is 78.5 Å². The van der Waals surface area contributed by atoms with E-state index in [4.69, 9.17) is 0 Å². The molecule has 0 unspecified atom stereocenters. The number of urea groups is 1. The molecule has 2 atom stereocenters. The molecule has 27 heavy (non-hydrogen) atoms. The molecular weight excluding hydrogens is 362 g/mol. The quantitative estimate of drug-likeness (QED) is 0.826. The number of fused-ring (bicyclic) bond motifs is 1. The van der Waals surface area contributed by atoms with Gasteiger partial charge < -0.3 is 10.2 Å². The molecule has 7 heteroatoms. The van der Waals surface area contributed by atoms with Gasteiger partial charge in [-0.1, -0.05) is 38.1 Å². The maximum absolute atomic E-state index is 13.0. The Balaban J connectivity index is 1.72. The predicted molar refractivity (Wildman–Crippen MR) is 107 cm³/mol. The second-order valence-electron chi connectivity index (χ2n) is 8.48. The molecule has 3 rings (SSSR count). The van der Waals surface area contributed by atoms with Gasteiger partial charge in [-0.3, -0.25) is 0 Å². The summed E-state index contributed by atoms with van der Waals surface area (Å²) < 4.78 is 25.4. The third-order valence-corrected chi connectivity index (χ3v) is 6.58. The van der Waals surface area contributed by atoms with Crippen LogP contribution < -0.4 is 10.0 Å². The second kappa shape index (κ2) is 7.80. The molecule has 2 aliphatic rings. The van der Waals surface area contributed by atoms with E-state index in [1.165, 1.54) is 11.1 Å². The van der Waals surface area contributed by atoms with Crippen LogP contribution >= 0.6 is 0 Å². The van der Waals surface area contributed by atoms with Crippen molar-refractivity contribution >= 4 is 16.1 Å². The number of nitrogens with zero attached hydrogens (tertiary/aromatic N) is 1. The largest absolute Gasteiger partial charge is 0.331 e. The van der Waals surface area contributed by atoms with E-state index < -0.39 is 10.0 Å². The zero-order valence-electron chi connectivity index (χ0n) is 16.5. The summed E-state index contributed by atoms with van der Waals surface area (Å²) in [6.07, 6.45) is 5.88. The summed E-state index contributed by atoms with van der Waals surface area (Å²) in [5, 5.41) is 3.22. The van der Waals surface area contributed by atoms with Crippen molar-refractivity contribution in [2.75, 3.05) is 19.3 Å². The summed E-state index contributed by atoms with van der Waals surface area (Å²) in [7, 11) is -3.26. The zero-order valence-corrected chi connectivity index (χ0v) is 17.3. The second-order valence-corrected chi connectivity index (χ2v) is 10.3. The molecule has 6 nitrogen and oxygen atoms in total. The minimum Gasteiger partial charge on any atom is -0.331 e. The van der Waals surface area contributed by atoms with E-state index in [1.807, 2.05) is 11.0 Å². The monoisotopic (exact) mass is 393 g/mol. The van der Waals surface area contributed by atoms with Crippen LogP contribution in [0.15, 0.2) is 24.3 Å². The molecule has 1 fully saturated rings. The molecule has 1 aromatic carbocycles. The van der Waals surface area contributed by atoms with Crippen molar-refractivity contribution in [1.82, 2.24) is 14.9 Å². The van der Waals surface area contributed by atoms with Gasteiger partial charge in [0.2, 0.25) is 10.0 Å². The van der Waals surface area contributed by atoms with Crippen molar-refractivity contribution in [2.24, 2.45) is 0 Å². The number of piperidine rings is 1. The smallest absolute Gasteiger partial charge is 0.318 e. The SMILES string of the molecule is CC1(C)CC[C@@H](NC(=O)N2CCCC[C@H]2CNS(C)(=O)=O)c2ccccc21. The van der Waals surface area contributed by atoms with Crippen molar-refractivity contribution in [1.29, 1.82) is 0 Å². The van der Waals surface area contributed by atoms with E-state index in [2.05, 4.69) is 42.1 Å². The first-order valence-electron chi connectivity index (χ1n) is 9.78. The third-order valence-electron chi connectivity index (χ3n) is 5.89. The van der Waals surface area contributed by atoms with E-state index in [0.717, 1.165) is 38.4 Å². The lowest BCUT2D eigenvalue weighted by Gasteiger charge is -2.40. The Morgan fingerprint density at radius 2 is 1.96 bits per heavy atom. The van der Waals surface area contributed by atoms with Crippen LogP contribution in [-0.2, 0) is 15.4 Å². The van der Waals surface area contributed by atoms with Gasteiger partial charge in [0.1, 0.15) is 0 Å². The zero-order chi connectivity index (χ0) is 19.7. The first kappa shape index (κ1) is 20.1. The van der Waals surface area contributed by atoms with Crippen LogP contribution in [0.2, 0.25) is 0 Å². The molecule has 1 heterocycles. The van der Waals surface area contributed by atoms with Crippen molar-refractivity contribution in [3.8, 4) is 0 Å². The van der Waals surface area contributed by atoms with E-state index in [1.54, 1.807) is 0 Å². The number of carbonyl (C=O) groups excluding carboxylic acids is 1. The normalized spacial score (nSPS) is 24.9. The Bertz CT molecular complexity index is 791. The maximum atomic E-state index is 13.0. The van der Waals surface area contributed by atoms with Crippen LogP contribution in [0.1, 0.15) is 63.1 Å². The molecule has 2 N–H and O–H groups in total. The van der Waals surface area contributed by atoms with Crippen LogP contribution in [0.4, 0.5) is 4.79 Å². The summed E-state index contributed by atoms with van der Waals surface area (Å²) in [4.78, 5) is 14.8. The number of likely N-dealkylation sites (tertiary alicyclic amines) is 1. The summed E-state index contributed by atoms with van der Waals surface area (Å²) >= 11 is 0. The highest BCUT2D eigenvalue weighted by Gasteiger charge is 2.35. The minimum absolute atomic E-state index is 0.00664. The van der Waals surface area contributed by atoms with Crippen LogP contribution in [0.3, 0.4) is 0 Å². The fraction of sp³-hybridized carbons (Fsp3) is 0.650. The van der Waals surface area contributed by atoms with Crippen LogP contribution in [0.5, 0.6) is 0 Å². The number of nitrogens with one attached hydrogen (secondary N) is 2. The number of hydrogen-bond acceptors (Lipinski definition) is 3. The average molecular weight is 394 g/mol. The lowest BCUT2D eigenvalue weighted by atomic mass is 9.71. The van der Waals surface area contributed by atoms with Crippen molar-refractivity contribution < 1.29 is 13.2 Å². The molecule has 1 aliphatic heterocycles. The third kappa shape index (κ3) is 4.82. The Morgan fingerprint density at radius 1 is 1.22 bits per heavy atom. The molecule has 0 bridgehead atoms. The van der Waals surface area contributed by atoms with Crippen LogP contribution in [0, 0.1) is 0 Å². The number of rotatable bonds is 4. The fourth-order valence-corrected chi connectivity index (χ4v) is 4.82. The van der Waals surface area contributed by atoms with Gasteiger partial charge in [0.05, 0.1) is 12.3 Å². The van der Waals surface area contributed by atoms with Crippen molar-refractivity contribution in [2.45, 2.75) is 63.5 Å². The van der Waals surface area contributed by atoms with Gasteiger partial charge in [-0.05, 0) is 48.6 Å². The number of amides is 2. The molecule has 1 saturated heterocycles. The van der Waals surface area contributed by atoms with Gasteiger partial charge in [0.15, 0.2) is 0 Å². The fourth-order valence-electron chi connectivity index (χ4n) is 4.32. The van der Waals surface area contributed by atoms with Gasteiger partial charge >= 0.3 is 6.03 Å². The number of hydrogen-bond donors (Lipinski definition) is 2. The number of sulfonamides is 1. The van der Waals surface area contributed by atoms with E-state index >= 15 is 0 Å². The summed E-state index contributed by atoms with van der Waals surface area (Å²) in [5.74, 6) is 0. The highest BCUT2D eigenvalue weighted by molar-refractivity contribution is 7.88. The first-order valence-corrected chi connectivity index (χ1v) is 11.7. The Labute approximate surface area is 162 Å². The molecule has 0 radical (unpaired) electrons. The molecule has 2 amide bonds. The van der Waals surface area contributed by atoms with E-state index in [0.29, 0.717) is 6.54 Å². The standard InChI is InChI=1S/C20H31N3O3S/c1-20(2)12-11-18(16-9-4-5-10-17(16)20)22-19(24)23-13-7-6-8-15(23)14-21-27(3,25)26/h4-5,9-10,15,18,21H,6-8,11-14H2,1-3H3,(H,22,24)/t15-,18+/m0/s1. The predicted octanol–water partition coefficient (Wildman–Crippen LogP) is 2.91. The minimum atomic E-state index is -3.26. The van der Waals surface area contributed by atoms with E-state index in [9.17, 15) is 13.2 Å². The Kier molecular flexibility index (Phi) is 5.82. The van der Waals surface area contributed by atoms with E-state index in [-0.39, 0.29) is 30.1 Å². The number of carbonyl (C=O) groups is 1. The van der Waals surface area contributed by atoms with Gasteiger partial charge in [-0.25, -0.2) is 17.9 Å². The molecule has 0 spiro atoms. The molecule has 0 saturated carbocycles. The highest BCUT2D eigenvalue weighted by Crippen LogP contribution is 2.41. The lowest BCUT2D eigenvalue weighted by molar-refractivity contribution is 0.147. The molecule has 0 aromatic heterocycles. The van der Waals surface area contributed by atoms with Gasteiger partial charge in [-0.2, -0.15) is 0 Å². The average Bonchev–Trinajstić information content (AvgIpc) is 2.62. The van der Waals surface area contributed by atoms with Crippen LogP contribution in [-0.4, -0.2) is 44.7 Å². The number of benzene rings is 1. The Hall–Kier alpha value is -1.60. The van der Waals surface area contributed by atoms with Crippen molar-refractivity contribution in [3.05, 3.63) is 35.4 Å². The van der Waals surface area contributed by atoms with Gasteiger partial charge in [0.25, 0.3) is 0 Å². The molecule has 1 aromatic rings. The van der Waals surface area contributed by atoms with Crippen LogP contribution in [0.25, 0.3) is 0 Å². The molecule has 150 valence electrons. The summed E-state index contributed by atoms with van der Waals surface area (Å²) in [6.45, 7) is 5.45. The first-order chi connectivity index (χ1) is 12.7. The van der Waals surface area contributed by atoms with Crippen molar-refractivity contribution in [3.63, 3.8) is 0 Å². The highest BCUT2D eigenvalue weighted by atomic mass is 32.2. The lowest BCUT2D eigenvalue weighted by Crippen LogP contribution is -2.53.